The molecule has 0 atom stereocenters. The number of aromatic amines is 1. The molecule has 2 aromatic carbocycles. The second-order valence-electron chi connectivity index (χ2n) is 4.27. The van der Waals surface area contributed by atoms with E-state index in [4.69, 9.17) is 23.8 Å². The highest BCUT2D eigenvalue weighted by molar-refractivity contribution is 7.71. The zero-order valence-electron chi connectivity index (χ0n) is 10.1. The maximum absolute atomic E-state index is 14.0. The number of hydrogen-bond donors (Lipinski definition) is 1. The molecule has 0 saturated carbocycles. The van der Waals surface area contributed by atoms with Gasteiger partial charge >= 0.3 is 0 Å². The standard InChI is InChI=1S/C13H5ClF4N2S/c14-7-1-5(15)3-9(18)12(7)20-10-4-6(16)2-8(17)11(10)19-13(20)21/h1-4H,(H,19,21). The number of hydrogen-bond acceptors (Lipinski definition) is 1. The van der Waals surface area contributed by atoms with Crippen LogP contribution < -0.4 is 0 Å². The molecule has 3 aromatic rings. The third-order valence-electron chi connectivity index (χ3n) is 2.92. The van der Waals surface area contributed by atoms with Crippen molar-refractivity contribution < 1.29 is 17.6 Å². The number of halogens is 5. The molecule has 108 valence electrons. The van der Waals surface area contributed by atoms with Gasteiger partial charge in [0.05, 0.1) is 10.5 Å². The summed E-state index contributed by atoms with van der Waals surface area (Å²) in [6.07, 6.45) is 0. The van der Waals surface area contributed by atoms with E-state index in [0.717, 1.165) is 16.7 Å². The minimum Gasteiger partial charge on any atom is -0.328 e. The van der Waals surface area contributed by atoms with E-state index in [9.17, 15) is 17.6 Å². The lowest BCUT2D eigenvalue weighted by atomic mass is 10.2. The van der Waals surface area contributed by atoms with Crippen LogP contribution in [0.4, 0.5) is 17.6 Å². The summed E-state index contributed by atoms with van der Waals surface area (Å²) in [4.78, 5) is 2.51. The lowest BCUT2D eigenvalue weighted by Gasteiger charge is -2.09. The van der Waals surface area contributed by atoms with Crippen LogP contribution in [0.1, 0.15) is 0 Å². The van der Waals surface area contributed by atoms with E-state index in [-0.39, 0.29) is 26.5 Å². The molecule has 0 saturated heterocycles. The summed E-state index contributed by atoms with van der Waals surface area (Å²) in [6, 6.07) is 3.14. The fourth-order valence-electron chi connectivity index (χ4n) is 2.10. The molecule has 21 heavy (non-hydrogen) atoms. The Labute approximate surface area is 125 Å². The highest BCUT2D eigenvalue weighted by Crippen LogP contribution is 2.30. The van der Waals surface area contributed by atoms with Crippen molar-refractivity contribution in [3.05, 3.63) is 57.3 Å². The average molecular weight is 333 g/mol. The summed E-state index contributed by atoms with van der Waals surface area (Å²) >= 11 is 10.8. The predicted octanol–water partition coefficient (Wildman–Crippen LogP) is 4.90. The van der Waals surface area contributed by atoms with Crippen LogP contribution in [-0.4, -0.2) is 9.55 Å². The maximum Gasteiger partial charge on any atom is 0.182 e. The van der Waals surface area contributed by atoms with Gasteiger partial charge in [-0.3, -0.25) is 4.57 Å². The topological polar surface area (TPSA) is 20.7 Å². The van der Waals surface area contributed by atoms with Gasteiger partial charge in [-0.15, -0.1) is 0 Å². The number of imidazole rings is 1. The molecule has 0 radical (unpaired) electrons. The van der Waals surface area contributed by atoms with Gasteiger partial charge in [0.2, 0.25) is 0 Å². The molecule has 0 aliphatic rings. The van der Waals surface area contributed by atoms with Crippen LogP contribution >= 0.6 is 23.8 Å². The van der Waals surface area contributed by atoms with Crippen molar-refractivity contribution >= 4 is 34.9 Å². The third-order valence-corrected chi connectivity index (χ3v) is 3.49. The van der Waals surface area contributed by atoms with Crippen molar-refractivity contribution in [2.45, 2.75) is 0 Å². The molecular formula is C13H5ClF4N2S. The fourth-order valence-corrected chi connectivity index (χ4v) is 2.67. The average Bonchev–Trinajstić information content (AvgIpc) is 2.66. The third kappa shape index (κ3) is 2.22. The number of fused-ring (bicyclic) bond motifs is 1. The Balaban J connectivity index is 2.47. The van der Waals surface area contributed by atoms with E-state index in [2.05, 4.69) is 4.98 Å². The highest BCUT2D eigenvalue weighted by Gasteiger charge is 2.18. The number of benzene rings is 2. The smallest absolute Gasteiger partial charge is 0.182 e. The van der Waals surface area contributed by atoms with Crippen LogP contribution in [0, 0.1) is 28.0 Å². The van der Waals surface area contributed by atoms with Crippen molar-refractivity contribution in [2.75, 3.05) is 0 Å². The van der Waals surface area contributed by atoms with Gasteiger partial charge in [-0.05, 0) is 18.3 Å². The van der Waals surface area contributed by atoms with E-state index in [1.54, 1.807) is 0 Å². The van der Waals surface area contributed by atoms with E-state index >= 15 is 0 Å². The Kier molecular flexibility index (Phi) is 3.26. The van der Waals surface area contributed by atoms with Crippen LogP contribution in [0.25, 0.3) is 16.7 Å². The SMILES string of the molecule is Fc1cc(F)c(-n2c(=S)[nH]c3c(F)cc(F)cc32)c(Cl)c1. The normalized spacial score (nSPS) is 11.3. The zero-order chi connectivity index (χ0) is 15.3. The van der Waals surface area contributed by atoms with Crippen molar-refractivity contribution in [1.29, 1.82) is 0 Å². The van der Waals surface area contributed by atoms with Gasteiger partial charge in [0, 0.05) is 18.2 Å². The summed E-state index contributed by atoms with van der Waals surface area (Å²) in [6.45, 7) is 0. The van der Waals surface area contributed by atoms with Gasteiger partial charge in [0.15, 0.2) is 16.4 Å². The first-order chi connectivity index (χ1) is 9.88. The summed E-state index contributed by atoms with van der Waals surface area (Å²) in [5, 5.41) is -0.269. The molecule has 0 spiro atoms. The van der Waals surface area contributed by atoms with Gasteiger partial charge in [0.1, 0.15) is 22.8 Å². The molecule has 2 nitrogen and oxygen atoms in total. The molecule has 1 heterocycles. The molecule has 1 N–H and O–H groups in total. The Morgan fingerprint density at radius 3 is 2.24 bits per heavy atom. The fraction of sp³-hybridized carbons (Fsp3) is 0. The summed E-state index contributed by atoms with van der Waals surface area (Å²) < 4.78 is 55.1. The van der Waals surface area contributed by atoms with Crippen molar-refractivity contribution in [3.8, 4) is 5.69 Å². The quantitative estimate of drug-likeness (QED) is 0.496. The van der Waals surface area contributed by atoms with Gasteiger partial charge in [-0.2, -0.15) is 0 Å². The zero-order valence-corrected chi connectivity index (χ0v) is 11.6. The van der Waals surface area contributed by atoms with E-state index < -0.39 is 23.3 Å². The largest absolute Gasteiger partial charge is 0.328 e. The monoisotopic (exact) mass is 332 g/mol. The van der Waals surface area contributed by atoms with Gasteiger partial charge < -0.3 is 4.98 Å². The number of nitrogens with zero attached hydrogens (tertiary/aromatic N) is 1. The second-order valence-corrected chi connectivity index (χ2v) is 5.06. The van der Waals surface area contributed by atoms with Crippen LogP contribution in [-0.2, 0) is 0 Å². The van der Waals surface area contributed by atoms with Gasteiger partial charge in [-0.25, -0.2) is 17.6 Å². The molecule has 0 aliphatic heterocycles. The first-order valence-corrected chi connectivity index (χ1v) is 6.42. The number of nitrogens with one attached hydrogen (secondary N) is 1. The van der Waals surface area contributed by atoms with Crippen LogP contribution in [0.5, 0.6) is 0 Å². The number of H-pyrrole nitrogens is 1. The number of aromatic nitrogens is 2. The molecule has 3 rings (SSSR count). The Morgan fingerprint density at radius 1 is 0.952 bits per heavy atom. The first-order valence-electron chi connectivity index (χ1n) is 5.63. The molecule has 1 aromatic heterocycles. The first kappa shape index (κ1) is 14.1. The lowest BCUT2D eigenvalue weighted by molar-refractivity contribution is 0.577. The Bertz CT molecular complexity index is 909. The maximum atomic E-state index is 14.0. The van der Waals surface area contributed by atoms with Crippen LogP contribution in [0.2, 0.25) is 5.02 Å². The van der Waals surface area contributed by atoms with Crippen LogP contribution in [0.15, 0.2) is 24.3 Å². The Morgan fingerprint density at radius 2 is 1.57 bits per heavy atom. The minimum absolute atomic E-state index is 0.0371. The molecule has 0 fully saturated rings. The van der Waals surface area contributed by atoms with Crippen molar-refractivity contribution in [1.82, 2.24) is 9.55 Å². The van der Waals surface area contributed by atoms with E-state index in [1.807, 2.05) is 0 Å². The van der Waals surface area contributed by atoms with E-state index in [1.165, 1.54) is 0 Å². The minimum atomic E-state index is -0.998. The van der Waals surface area contributed by atoms with E-state index in [0.29, 0.717) is 12.1 Å². The molecule has 0 aliphatic carbocycles. The highest BCUT2D eigenvalue weighted by atomic mass is 35.5. The second kappa shape index (κ2) is 4.85. The molecule has 0 bridgehead atoms. The summed E-state index contributed by atoms with van der Waals surface area (Å²) in [5.41, 5.74) is -0.412. The van der Waals surface area contributed by atoms with Crippen LogP contribution in [0.3, 0.4) is 0 Å². The van der Waals surface area contributed by atoms with Gasteiger partial charge in [-0.1, -0.05) is 11.6 Å². The molecule has 0 unspecified atom stereocenters. The van der Waals surface area contributed by atoms with Crippen molar-refractivity contribution in [2.24, 2.45) is 0 Å². The molecule has 0 amide bonds. The Hall–Kier alpha value is -1.86. The number of rotatable bonds is 1. The molecular weight excluding hydrogens is 328 g/mol. The van der Waals surface area contributed by atoms with Crippen molar-refractivity contribution in [3.63, 3.8) is 0 Å². The molecule has 8 heteroatoms. The lowest BCUT2D eigenvalue weighted by Crippen LogP contribution is -2.00. The summed E-state index contributed by atoms with van der Waals surface area (Å²) in [7, 11) is 0. The summed E-state index contributed by atoms with van der Waals surface area (Å²) in [5.74, 6) is -3.61. The predicted molar refractivity (Wildman–Crippen MR) is 73.3 cm³/mol. The van der Waals surface area contributed by atoms with Gasteiger partial charge in [0.25, 0.3) is 0 Å².